The summed E-state index contributed by atoms with van der Waals surface area (Å²) >= 11 is 5.97. The highest BCUT2D eigenvalue weighted by Gasteiger charge is 2.14. The average Bonchev–Trinajstić information content (AvgIpc) is 2.59. The SMILES string of the molecule is Cc1ccc(Cl)cc1Nc1nccc(Nc2ccc(F)c(F)c2F)n1. The quantitative estimate of drug-likeness (QED) is 0.613. The Morgan fingerprint density at radius 1 is 0.920 bits per heavy atom. The van der Waals surface area contributed by atoms with Crippen LogP contribution in [0.25, 0.3) is 0 Å². The fourth-order valence-electron chi connectivity index (χ4n) is 2.10. The maximum Gasteiger partial charge on any atom is 0.229 e. The van der Waals surface area contributed by atoms with Gasteiger partial charge in [0, 0.05) is 16.9 Å². The van der Waals surface area contributed by atoms with Gasteiger partial charge in [-0.25, -0.2) is 18.2 Å². The Kier molecular flexibility index (Phi) is 4.76. The molecule has 0 unspecified atom stereocenters. The molecule has 0 saturated carbocycles. The van der Waals surface area contributed by atoms with Crippen LogP contribution in [0.2, 0.25) is 5.02 Å². The van der Waals surface area contributed by atoms with Crippen LogP contribution in [-0.2, 0) is 0 Å². The van der Waals surface area contributed by atoms with E-state index in [0.29, 0.717) is 10.7 Å². The first-order chi connectivity index (χ1) is 11.9. The summed E-state index contributed by atoms with van der Waals surface area (Å²) in [5.74, 6) is -3.68. The third-order valence-electron chi connectivity index (χ3n) is 3.40. The van der Waals surface area contributed by atoms with E-state index in [0.717, 1.165) is 17.7 Å². The molecule has 0 atom stereocenters. The van der Waals surface area contributed by atoms with E-state index < -0.39 is 17.5 Å². The topological polar surface area (TPSA) is 49.8 Å². The fraction of sp³-hybridized carbons (Fsp3) is 0.0588. The number of halogens is 4. The van der Waals surface area contributed by atoms with Crippen LogP contribution in [0.15, 0.2) is 42.6 Å². The van der Waals surface area contributed by atoms with Gasteiger partial charge in [-0.3, -0.25) is 0 Å². The number of hydrogen-bond acceptors (Lipinski definition) is 4. The standard InChI is InChI=1S/C17H12ClF3N4/c1-9-2-3-10(18)8-13(9)24-17-22-7-6-14(25-17)23-12-5-4-11(19)15(20)16(12)21/h2-8H,1H3,(H2,22,23,24,25). The molecule has 0 saturated heterocycles. The first-order valence-corrected chi connectivity index (χ1v) is 7.58. The minimum Gasteiger partial charge on any atom is -0.338 e. The van der Waals surface area contributed by atoms with E-state index in [9.17, 15) is 13.2 Å². The van der Waals surface area contributed by atoms with Crippen molar-refractivity contribution in [3.8, 4) is 0 Å². The summed E-state index contributed by atoms with van der Waals surface area (Å²) in [7, 11) is 0. The Morgan fingerprint density at radius 3 is 2.52 bits per heavy atom. The lowest BCUT2D eigenvalue weighted by Gasteiger charge is -2.11. The normalized spacial score (nSPS) is 10.6. The minimum atomic E-state index is -1.55. The molecule has 0 spiro atoms. The second kappa shape index (κ2) is 6.98. The van der Waals surface area contributed by atoms with Gasteiger partial charge < -0.3 is 10.6 Å². The monoisotopic (exact) mass is 364 g/mol. The summed E-state index contributed by atoms with van der Waals surface area (Å²) in [5, 5.41) is 6.14. The van der Waals surface area contributed by atoms with E-state index in [4.69, 9.17) is 11.6 Å². The van der Waals surface area contributed by atoms with Crippen molar-refractivity contribution in [1.29, 1.82) is 0 Å². The van der Waals surface area contributed by atoms with Crippen molar-refractivity contribution in [3.05, 3.63) is 70.6 Å². The molecule has 1 aromatic heterocycles. The Balaban J connectivity index is 1.85. The van der Waals surface area contributed by atoms with Crippen molar-refractivity contribution in [2.45, 2.75) is 6.92 Å². The van der Waals surface area contributed by atoms with Crippen LogP contribution in [0.5, 0.6) is 0 Å². The van der Waals surface area contributed by atoms with Crippen molar-refractivity contribution in [2.24, 2.45) is 0 Å². The minimum absolute atomic E-state index is 0.210. The fourth-order valence-corrected chi connectivity index (χ4v) is 2.27. The molecule has 4 nitrogen and oxygen atoms in total. The van der Waals surface area contributed by atoms with Crippen molar-refractivity contribution in [2.75, 3.05) is 10.6 Å². The smallest absolute Gasteiger partial charge is 0.229 e. The van der Waals surface area contributed by atoms with Crippen molar-refractivity contribution in [1.82, 2.24) is 9.97 Å². The van der Waals surface area contributed by atoms with Crippen LogP contribution in [0.1, 0.15) is 5.56 Å². The number of benzene rings is 2. The molecular weight excluding hydrogens is 353 g/mol. The number of aromatic nitrogens is 2. The number of anilines is 4. The van der Waals surface area contributed by atoms with Crippen LogP contribution in [0, 0.1) is 24.4 Å². The van der Waals surface area contributed by atoms with E-state index in [-0.39, 0.29) is 17.5 Å². The number of nitrogens with zero attached hydrogens (tertiary/aromatic N) is 2. The zero-order valence-corrected chi connectivity index (χ0v) is 13.7. The highest BCUT2D eigenvalue weighted by molar-refractivity contribution is 6.30. The molecule has 0 radical (unpaired) electrons. The molecule has 0 fully saturated rings. The summed E-state index contributed by atoms with van der Waals surface area (Å²) in [5.41, 5.74) is 1.41. The summed E-state index contributed by atoms with van der Waals surface area (Å²) in [6, 6.07) is 8.70. The van der Waals surface area contributed by atoms with Crippen molar-refractivity contribution in [3.63, 3.8) is 0 Å². The molecule has 128 valence electrons. The molecule has 0 amide bonds. The molecular formula is C17H12ClF3N4. The van der Waals surface area contributed by atoms with Gasteiger partial charge in [-0.2, -0.15) is 4.98 Å². The number of rotatable bonds is 4. The molecule has 0 aliphatic carbocycles. The Labute approximate surface area is 146 Å². The molecule has 0 bridgehead atoms. The Bertz CT molecular complexity index is 934. The Hall–Kier alpha value is -2.80. The highest BCUT2D eigenvalue weighted by atomic mass is 35.5. The lowest BCUT2D eigenvalue weighted by Crippen LogP contribution is -2.03. The second-order valence-corrected chi connectivity index (χ2v) is 5.63. The maximum atomic E-state index is 13.7. The molecule has 25 heavy (non-hydrogen) atoms. The summed E-state index contributed by atoms with van der Waals surface area (Å²) < 4.78 is 40.0. The molecule has 0 aliphatic rings. The van der Waals surface area contributed by atoms with Crippen LogP contribution in [0.3, 0.4) is 0 Å². The lowest BCUT2D eigenvalue weighted by atomic mass is 10.2. The van der Waals surface area contributed by atoms with E-state index in [1.807, 2.05) is 13.0 Å². The summed E-state index contributed by atoms with van der Waals surface area (Å²) in [6.07, 6.45) is 1.44. The van der Waals surface area contributed by atoms with Gasteiger partial charge in [-0.1, -0.05) is 17.7 Å². The van der Waals surface area contributed by atoms with Gasteiger partial charge in [0.2, 0.25) is 5.95 Å². The molecule has 1 heterocycles. The van der Waals surface area contributed by atoms with Crippen LogP contribution >= 0.6 is 11.6 Å². The lowest BCUT2D eigenvalue weighted by molar-refractivity contribution is 0.449. The summed E-state index contributed by atoms with van der Waals surface area (Å²) in [4.78, 5) is 8.24. The van der Waals surface area contributed by atoms with Gasteiger partial charge in [-0.15, -0.1) is 0 Å². The second-order valence-electron chi connectivity index (χ2n) is 5.20. The predicted molar refractivity (Wildman–Crippen MR) is 91.1 cm³/mol. The first-order valence-electron chi connectivity index (χ1n) is 7.21. The van der Waals surface area contributed by atoms with E-state index in [2.05, 4.69) is 20.6 Å². The Morgan fingerprint density at radius 2 is 1.72 bits per heavy atom. The summed E-state index contributed by atoms with van der Waals surface area (Å²) in [6.45, 7) is 1.89. The average molecular weight is 365 g/mol. The van der Waals surface area contributed by atoms with Crippen molar-refractivity contribution < 1.29 is 13.2 Å². The number of hydrogen-bond donors (Lipinski definition) is 2. The van der Waals surface area contributed by atoms with Gasteiger partial charge in [0.1, 0.15) is 5.82 Å². The molecule has 2 N–H and O–H groups in total. The zero-order valence-electron chi connectivity index (χ0n) is 12.9. The van der Waals surface area contributed by atoms with Crippen LogP contribution < -0.4 is 10.6 Å². The molecule has 3 rings (SSSR count). The third-order valence-corrected chi connectivity index (χ3v) is 3.63. The number of nitrogens with one attached hydrogen (secondary N) is 2. The van der Waals surface area contributed by atoms with Gasteiger partial charge in [0.25, 0.3) is 0 Å². The number of aryl methyl sites for hydroxylation is 1. The van der Waals surface area contributed by atoms with Gasteiger partial charge in [-0.05, 0) is 42.8 Å². The largest absolute Gasteiger partial charge is 0.338 e. The third kappa shape index (κ3) is 3.83. The van der Waals surface area contributed by atoms with Gasteiger partial charge >= 0.3 is 0 Å². The van der Waals surface area contributed by atoms with Crippen molar-refractivity contribution >= 4 is 34.7 Å². The molecule has 2 aromatic carbocycles. The molecule has 0 aliphatic heterocycles. The first kappa shape index (κ1) is 17.0. The van der Waals surface area contributed by atoms with E-state index in [1.54, 1.807) is 12.1 Å². The molecule has 8 heteroatoms. The highest BCUT2D eigenvalue weighted by Crippen LogP contribution is 2.25. The van der Waals surface area contributed by atoms with Gasteiger partial charge in [0.15, 0.2) is 17.5 Å². The van der Waals surface area contributed by atoms with E-state index in [1.165, 1.54) is 12.3 Å². The van der Waals surface area contributed by atoms with Crippen LogP contribution in [-0.4, -0.2) is 9.97 Å². The van der Waals surface area contributed by atoms with Crippen LogP contribution in [0.4, 0.5) is 36.3 Å². The zero-order chi connectivity index (χ0) is 18.0. The predicted octanol–water partition coefficient (Wildman–Crippen LogP) is 5.34. The van der Waals surface area contributed by atoms with Gasteiger partial charge in [0.05, 0.1) is 5.69 Å². The maximum absolute atomic E-state index is 13.7. The van der Waals surface area contributed by atoms with E-state index >= 15 is 0 Å². The molecule has 3 aromatic rings.